The number of benzene rings is 2. The summed E-state index contributed by atoms with van der Waals surface area (Å²) < 4.78 is 5.80. The first-order valence-electron chi connectivity index (χ1n) is 12.6. The maximum absolute atomic E-state index is 12.3. The van der Waals surface area contributed by atoms with Gasteiger partial charge in [0.1, 0.15) is 5.75 Å². The summed E-state index contributed by atoms with van der Waals surface area (Å²) in [5.41, 5.74) is 3.46. The van der Waals surface area contributed by atoms with Gasteiger partial charge in [-0.2, -0.15) is 5.10 Å². The molecule has 0 unspecified atom stereocenters. The van der Waals surface area contributed by atoms with Crippen LogP contribution < -0.4 is 10.1 Å². The molecule has 1 heterocycles. The Morgan fingerprint density at radius 3 is 2.35 bits per heavy atom. The van der Waals surface area contributed by atoms with E-state index < -0.39 is 0 Å². The minimum atomic E-state index is -0.172. The van der Waals surface area contributed by atoms with Crippen LogP contribution >= 0.6 is 11.8 Å². The first-order chi connectivity index (χ1) is 16.7. The molecule has 34 heavy (non-hydrogen) atoms. The van der Waals surface area contributed by atoms with E-state index in [4.69, 9.17) is 4.74 Å². The summed E-state index contributed by atoms with van der Waals surface area (Å²) in [6.07, 6.45) is 12.0. The lowest BCUT2D eigenvalue weighted by atomic mass is 10.0. The Morgan fingerprint density at radius 1 is 0.912 bits per heavy atom. The fraction of sp³-hybridized carbons (Fsp3) is 0.464. The van der Waals surface area contributed by atoms with Crippen LogP contribution in [-0.4, -0.2) is 29.1 Å². The Morgan fingerprint density at radius 2 is 1.62 bits per heavy atom. The molecule has 1 fully saturated rings. The molecule has 0 radical (unpaired) electrons. The number of hydrogen-bond donors (Lipinski definition) is 1. The minimum Gasteiger partial charge on any atom is -0.494 e. The third-order valence-corrected chi connectivity index (χ3v) is 6.86. The molecule has 1 aliphatic rings. The van der Waals surface area contributed by atoms with Crippen LogP contribution in [0.25, 0.3) is 0 Å². The Hall–Kier alpha value is -2.60. The molecule has 0 spiro atoms. The fourth-order valence-electron chi connectivity index (χ4n) is 3.72. The lowest BCUT2D eigenvalue weighted by Gasteiger charge is -2.06. The number of nitrogens with one attached hydrogen (secondary N) is 1. The Kier molecular flexibility index (Phi) is 11.2. The second-order valence-corrected chi connectivity index (χ2v) is 9.89. The van der Waals surface area contributed by atoms with E-state index >= 15 is 0 Å². The van der Waals surface area contributed by atoms with Crippen molar-refractivity contribution < 1.29 is 9.53 Å². The number of hydrogen-bond acceptors (Lipinski definition) is 5. The van der Waals surface area contributed by atoms with E-state index in [-0.39, 0.29) is 11.2 Å². The molecule has 1 amide bonds. The van der Waals surface area contributed by atoms with Crippen molar-refractivity contribution >= 4 is 29.1 Å². The maximum atomic E-state index is 12.3. The van der Waals surface area contributed by atoms with Gasteiger partial charge in [-0.15, -0.1) is 5.10 Å². The van der Waals surface area contributed by atoms with Crippen molar-refractivity contribution in [1.82, 2.24) is 5.32 Å². The summed E-state index contributed by atoms with van der Waals surface area (Å²) in [7, 11) is 0. The van der Waals surface area contributed by atoms with Gasteiger partial charge in [-0.25, -0.2) is 0 Å². The average Bonchev–Trinajstić information content (AvgIpc) is 3.20. The van der Waals surface area contributed by atoms with E-state index in [9.17, 15) is 4.79 Å². The number of ether oxygens (including phenoxy) is 1. The molecule has 5 nitrogen and oxygen atoms in total. The molecule has 182 valence electrons. The topological polar surface area (TPSA) is 63.1 Å². The maximum Gasteiger partial charge on any atom is 0.239 e. The largest absolute Gasteiger partial charge is 0.494 e. The second-order valence-electron chi connectivity index (χ2n) is 8.70. The van der Waals surface area contributed by atoms with Crippen molar-refractivity contribution in [2.75, 3.05) is 6.61 Å². The van der Waals surface area contributed by atoms with Crippen molar-refractivity contribution in [3.8, 4) is 5.75 Å². The summed E-state index contributed by atoms with van der Waals surface area (Å²) in [4.78, 5) is 12.3. The molecule has 1 atom stereocenters. The van der Waals surface area contributed by atoms with Crippen LogP contribution in [0, 0.1) is 0 Å². The number of amidine groups is 1. The van der Waals surface area contributed by atoms with Gasteiger partial charge in [-0.1, -0.05) is 82.0 Å². The van der Waals surface area contributed by atoms with Crippen LogP contribution in [0.2, 0.25) is 0 Å². The SMILES string of the molecule is CCCCCCCOc1ccc(/C=N\N=C2\NC(=O)[C@H](Cc3ccc(CCCC)cc3)S2)cc1. The van der Waals surface area contributed by atoms with Crippen molar-refractivity contribution in [3.05, 3.63) is 65.2 Å². The highest BCUT2D eigenvalue weighted by atomic mass is 32.2. The number of nitrogens with zero attached hydrogens (tertiary/aromatic N) is 2. The molecule has 2 aromatic rings. The Labute approximate surface area is 208 Å². The zero-order chi connectivity index (χ0) is 24.0. The number of unbranched alkanes of at least 4 members (excludes halogenated alkanes) is 5. The number of amides is 1. The molecule has 1 aliphatic heterocycles. The smallest absolute Gasteiger partial charge is 0.239 e. The van der Waals surface area contributed by atoms with Gasteiger partial charge in [-0.3, -0.25) is 4.79 Å². The molecule has 0 bridgehead atoms. The van der Waals surface area contributed by atoms with Crippen LogP contribution in [0.1, 0.15) is 75.5 Å². The van der Waals surface area contributed by atoms with Crippen LogP contribution in [-0.2, 0) is 17.6 Å². The quantitative estimate of drug-likeness (QED) is 0.190. The van der Waals surface area contributed by atoms with E-state index in [2.05, 4.69) is 53.6 Å². The average molecular weight is 480 g/mol. The zero-order valence-electron chi connectivity index (χ0n) is 20.5. The summed E-state index contributed by atoms with van der Waals surface area (Å²) in [6.45, 7) is 5.18. The standard InChI is InChI=1S/C28H37N3O2S/c1-3-5-7-8-9-19-33-25-17-15-24(16-18-25)21-29-31-28-30-27(32)26(34-28)20-23-13-11-22(12-14-23)10-6-4-2/h11-18,21,26H,3-10,19-20H2,1-2H3,(H,30,31,32)/b29-21-/t26-/m0/s1. The van der Waals surface area contributed by atoms with Crippen molar-refractivity contribution in [1.29, 1.82) is 0 Å². The monoisotopic (exact) mass is 479 g/mol. The van der Waals surface area contributed by atoms with E-state index in [0.29, 0.717) is 11.6 Å². The zero-order valence-corrected chi connectivity index (χ0v) is 21.3. The number of carbonyl (C=O) groups excluding carboxylic acids is 1. The van der Waals surface area contributed by atoms with Crippen molar-refractivity contribution in [2.24, 2.45) is 10.2 Å². The third-order valence-electron chi connectivity index (χ3n) is 5.79. The molecule has 2 aromatic carbocycles. The van der Waals surface area contributed by atoms with Gasteiger partial charge in [0.05, 0.1) is 18.1 Å². The first kappa shape index (κ1) is 26.0. The normalized spacial score (nSPS) is 16.9. The van der Waals surface area contributed by atoms with Gasteiger partial charge in [-0.05, 0) is 66.6 Å². The molecule has 6 heteroatoms. The lowest BCUT2D eigenvalue weighted by Crippen LogP contribution is -2.25. The summed E-state index contributed by atoms with van der Waals surface area (Å²) in [6, 6.07) is 16.4. The third kappa shape index (κ3) is 8.98. The molecule has 3 rings (SSSR count). The van der Waals surface area contributed by atoms with Gasteiger partial charge in [0, 0.05) is 0 Å². The lowest BCUT2D eigenvalue weighted by molar-refractivity contribution is -0.118. The summed E-state index contributed by atoms with van der Waals surface area (Å²) in [5, 5.41) is 11.6. The summed E-state index contributed by atoms with van der Waals surface area (Å²) >= 11 is 1.44. The van der Waals surface area contributed by atoms with E-state index in [1.165, 1.54) is 61.4 Å². The number of carbonyl (C=O) groups is 1. The number of rotatable bonds is 14. The molecular weight excluding hydrogens is 442 g/mol. The van der Waals surface area contributed by atoms with Crippen LogP contribution in [0.15, 0.2) is 58.7 Å². The molecule has 1 saturated heterocycles. The second kappa shape index (κ2) is 14.6. The highest BCUT2D eigenvalue weighted by Crippen LogP contribution is 2.24. The molecule has 0 aromatic heterocycles. The van der Waals surface area contributed by atoms with Crippen LogP contribution in [0.5, 0.6) is 5.75 Å². The van der Waals surface area contributed by atoms with Gasteiger partial charge in [0.2, 0.25) is 5.91 Å². The van der Waals surface area contributed by atoms with Gasteiger partial charge in [0.15, 0.2) is 5.17 Å². The van der Waals surface area contributed by atoms with Crippen LogP contribution in [0.4, 0.5) is 0 Å². The molecule has 0 aliphatic carbocycles. The fourth-order valence-corrected chi connectivity index (χ4v) is 4.68. The Balaban J connectivity index is 1.43. The number of thioether (sulfide) groups is 1. The van der Waals surface area contributed by atoms with Gasteiger partial charge in [0.25, 0.3) is 0 Å². The van der Waals surface area contributed by atoms with Crippen molar-refractivity contribution in [2.45, 2.75) is 76.9 Å². The van der Waals surface area contributed by atoms with E-state index in [1.54, 1.807) is 6.21 Å². The highest BCUT2D eigenvalue weighted by Gasteiger charge is 2.30. The van der Waals surface area contributed by atoms with Gasteiger partial charge < -0.3 is 10.1 Å². The minimum absolute atomic E-state index is 0.00907. The Bertz CT molecular complexity index is 939. The van der Waals surface area contributed by atoms with E-state index in [1.807, 2.05) is 24.3 Å². The van der Waals surface area contributed by atoms with E-state index in [0.717, 1.165) is 30.8 Å². The molecular formula is C28H37N3O2S. The number of aryl methyl sites for hydroxylation is 1. The molecule has 1 N–H and O–H groups in total. The predicted molar refractivity (Wildman–Crippen MR) is 144 cm³/mol. The molecule has 0 saturated carbocycles. The predicted octanol–water partition coefficient (Wildman–Crippen LogP) is 6.54. The highest BCUT2D eigenvalue weighted by molar-refractivity contribution is 8.15. The summed E-state index contributed by atoms with van der Waals surface area (Å²) in [5.74, 6) is 0.865. The first-order valence-corrected chi connectivity index (χ1v) is 13.4. The van der Waals surface area contributed by atoms with Crippen molar-refractivity contribution in [3.63, 3.8) is 0 Å². The van der Waals surface area contributed by atoms with Crippen LogP contribution in [0.3, 0.4) is 0 Å². The van der Waals surface area contributed by atoms with Gasteiger partial charge >= 0.3 is 0 Å².